The first-order chi connectivity index (χ1) is 29.0. The van der Waals surface area contributed by atoms with Crippen molar-refractivity contribution in [3.8, 4) is 56.7 Å². The molecule has 0 fully saturated rings. The first kappa shape index (κ1) is 34.5. The van der Waals surface area contributed by atoms with E-state index >= 15 is 4.39 Å². The van der Waals surface area contributed by atoms with E-state index in [9.17, 15) is 0 Å². The predicted octanol–water partition coefficient (Wildman–Crippen LogP) is 13.5. The van der Waals surface area contributed by atoms with Gasteiger partial charge in [0.25, 0.3) is 0 Å². The lowest BCUT2D eigenvalue weighted by Gasteiger charge is -2.16. The molecule has 0 amide bonds. The Morgan fingerprint density at radius 1 is 0.390 bits per heavy atom. The van der Waals surface area contributed by atoms with Crippen molar-refractivity contribution in [1.29, 1.82) is 0 Å². The SMILES string of the molecule is Cc1cc(-n2c3ccccc3c3c4c5ccccc5n(-c5ccc(F)c(-c6ccccc6)c5)c4ccc32)cc(C)c1-c1nc(-c2ccccc2)nc(-c2ccccc2)n1. The molecule has 0 aliphatic heterocycles. The van der Waals surface area contributed by atoms with Gasteiger partial charge in [-0.3, -0.25) is 0 Å². The van der Waals surface area contributed by atoms with Gasteiger partial charge in [-0.25, -0.2) is 19.3 Å². The van der Waals surface area contributed by atoms with E-state index in [1.165, 1.54) is 5.39 Å². The maximum atomic E-state index is 15.4. The number of aromatic nitrogens is 5. The Kier molecular flexibility index (Phi) is 8.05. The van der Waals surface area contributed by atoms with Crippen LogP contribution in [0.15, 0.2) is 182 Å². The Morgan fingerprint density at radius 3 is 1.36 bits per heavy atom. The smallest absolute Gasteiger partial charge is 0.164 e. The molecule has 0 atom stereocenters. The second-order valence-electron chi connectivity index (χ2n) is 15.1. The molecule has 5 nitrogen and oxygen atoms in total. The average molecular weight is 762 g/mol. The highest BCUT2D eigenvalue weighted by Gasteiger charge is 2.23. The largest absolute Gasteiger partial charge is 0.309 e. The number of hydrogen-bond acceptors (Lipinski definition) is 3. The topological polar surface area (TPSA) is 48.5 Å². The minimum absolute atomic E-state index is 0.244. The fourth-order valence-corrected chi connectivity index (χ4v) is 8.91. The molecule has 6 heteroatoms. The second kappa shape index (κ2) is 13.7. The minimum atomic E-state index is -0.244. The van der Waals surface area contributed by atoms with Crippen molar-refractivity contribution in [3.05, 3.63) is 199 Å². The molecule has 0 saturated carbocycles. The Labute approximate surface area is 340 Å². The van der Waals surface area contributed by atoms with Gasteiger partial charge in [-0.05, 0) is 85.1 Å². The summed E-state index contributed by atoms with van der Waals surface area (Å²) in [4.78, 5) is 15.1. The average Bonchev–Trinajstić information content (AvgIpc) is 3.80. The van der Waals surface area contributed by atoms with E-state index in [4.69, 9.17) is 15.0 Å². The third-order valence-corrected chi connectivity index (χ3v) is 11.5. The number of hydrogen-bond donors (Lipinski definition) is 0. The Bertz CT molecular complexity index is 3320. The molecular weight excluding hydrogens is 726 g/mol. The van der Waals surface area contributed by atoms with Crippen molar-refractivity contribution in [2.24, 2.45) is 0 Å². The van der Waals surface area contributed by atoms with Crippen molar-refractivity contribution < 1.29 is 4.39 Å². The van der Waals surface area contributed by atoms with E-state index in [0.29, 0.717) is 23.0 Å². The molecule has 0 aliphatic rings. The van der Waals surface area contributed by atoms with E-state index in [-0.39, 0.29) is 5.82 Å². The van der Waals surface area contributed by atoms with Crippen molar-refractivity contribution in [2.75, 3.05) is 0 Å². The summed E-state index contributed by atoms with van der Waals surface area (Å²) in [7, 11) is 0. The molecule has 3 heterocycles. The third kappa shape index (κ3) is 5.64. The summed E-state index contributed by atoms with van der Waals surface area (Å²) in [5.41, 5.74) is 12.7. The summed E-state index contributed by atoms with van der Waals surface area (Å²) in [6.07, 6.45) is 0. The van der Waals surface area contributed by atoms with Gasteiger partial charge in [0.2, 0.25) is 0 Å². The predicted molar refractivity (Wildman–Crippen MR) is 240 cm³/mol. The molecule has 280 valence electrons. The summed E-state index contributed by atoms with van der Waals surface area (Å²) in [6.45, 7) is 4.29. The number of halogens is 1. The maximum Gasteiger partial charge on any atom is 0.164 e. The lowest BCUT2D eigenvalue weighted by Crippen LogP contribution is -2.03. The van der Waals surface area contributed by atoms with E-state index in [1.807, 2.05) is 103 Å². The highest BCUT2D eigenvalue weighted by Crippen LogP contribution is 2.43. The van der Waals surface area contributed by atoms with Crippen LogP contribution in [0.4, 0.5) is 4.39 Å². The molecule has 11 rings (SSSR count). The second-order valence-corrected chi connectivity index (χ2v) is 15.1. The van der Waals surface area contributed by atoms with E-state index in [2.05, 4.69) is 95.8 Å². The Morgan fingerprint density at radius 2 is 0.831 bits per heavy atom. The van der Waals surface area contributed by atoms with Gasteiger partial charge in [-0.2, -0.15) is 0 Å². The summed E-state index contributed by atoms with van der Waals surface area (Å²) < 4.78 is 20.1. The van der Waals surface area contributed by atoms with Gasteiger partial charge in [-0.1, -0.05) is 127 Å². The molecular formula is C53H36FN5. The normalized spacial score (nSPS) is 11.6. The van der Waals surface area contributed by atoms with Crippen LogP contribution in [0.25, 0.3) is 100 Å². The van der Waals surface area contributed by atoms with Gasteiger partial charge in [0.15, 0.2) is 17.5 Å². The first-order valence-electron chi connectivity index (χ1n) is 19.8. The number of para-hydroxylation sites is 2. The summed E-state index contributed by atoms with van der Waals surface area (Å²) >= 11 is 0. The molecule has 0 bridgehead atoms. The van der Waals surface area contributed by atoms with Crippen LogP contribution in [-0.4, -0.2) is 24.1 Å². The van der Waals surface area contributed by atoms with Crippen LogP contribution >= 0.6 is 0 Å². The molecule has 8 aromatic carbocycles. The fraction of sp³-hybridized carbons (Fsp3) is 0.0377. The molecule has 59 heavy (non-hydrogen) atoms. The van der Waals surface area contributed by atoms with Gasteiger partial charge >= 0.3 is 0 Å². The number of nitrogens with zero attached hydrogens (tertiary/aromatic N) is 5. The molecule has 3 aromatic heterocycles. The van der Waals surface area contributed by atoms with Gasteiger partial charge in [-0.15, -0.1) is 0 Å². The highest BCUT2D eigenvalue weighted by atomic mass is 19.1. The number of rotatable bonds is 6. The first-order valence-corrected chi connectivity index (χ1v) is 19.8. The fourth-order valence-electron chi connectivity index (χ4n) is 8.91. The number of aryl methyl sites for hydroxylation is 2. The van der Waals surface area contributed by atoms with Gasteiger partial charge < -0.3 is 9.13 Å². The van der Waals surface area contributed by atoms with E-state index in [0.717, 1.165) is 83.0 Å². The monoisotopic (exact) mass is 761 g/mol. The van der Waals surface area contributed by atoms with Gasteiger partial charge in [0, 0.05) is 55.2 Å². The Balaban J connectivity index is 1.12. The van der Waals surface area contributed by atoms with Gasteiger partial charge in [0.05, 0.1) is 22.1 Å². The molecule has 0 aliphatic carbocycles. The molecule has 0 radical (unpaired) electrons. The summed E-state index contributed by atoms with van der Waals surface area (Å²) in [6, 6.07) is 61.5. The standard InChI is InChI=1S/C53H36FN5/c1-33-30-39(31-34(2)48(33)53-56-51(36-18-8-4-9-19-36)55-52(57-53)37-20-10-5-11-21-37)59-45-25-15-13-23-41(45)50-47(59)29-28-46-49(50)40-22-12-14-24-44(40)58(46)38-26-27-43(54)42(32-38)35-16-6-3-7-17-35/h3-32H,1-2H3. The van der Waals surface area contributed by atoms with Gasteiger partial charge in [0.1, 0.15) is 5.82 Å². The van der Waals surface area contributed by atoms with Crippen LogP contribution in [0.2, 0.25) is 0 Å². The van der Waals surface area contributed by atoms with Crippen LogP contribution in [0, 0.1) is 19.7 Å². The lowest BCUT2D eigenvalue weighted by molar-refractivity contribution is 0.631. The number of fused-ring (bicyclic) bond motifs is 7. The quantitative estimate of drug-likeness (QED) is 0.170. The van der Waals surface area contributed by atoms with Crippen LogP contribution < -0.4 is 0 Å². The van der Waals surface area contributed by atoms with E-state index in [1.54, 1.807) is 6.07 Å². The molecule has 11 aromatic rings. The van der Waals surface area contributed by atoms with E-state index < -0.39 is 0 Å². The van der Waals surface area contributed by atoms with Crippen LogP contribution in [0.3, 0.4) is 0 Å². The van der Waals surface area contributed by atoms with Crippen molar-refractivity contribution in [1.82, 2.24) is 24.1 Å². The highest BCUT2D eigenvalue weighted by molar-refractivity contribution is 6.29. The van der Waals surface area contributed by atoms with Crippen molar-refractivity contribution in [2.45, 2.75) is 13.8 Å². The molecule has 0 saturated heterocycles. The van der Waals surface area contributed by atoms with Crippen LogP contribution in [0.1, 0.15) is 11.1 Å². The molecule has 0 unspecified atom stereocenters. The van der Waals surface area contributed by atoms with Crippen LogP contribution in [0.5, 0.6) is 0 Å². The molecule has 0 N–H and O–H groups in total. The summed E-state index contributed by atoms with van der Waals surface area (Å²) in [5, 5.41) is 4.64. The maximum absolute atomic E-state index is 15.4. The summed E-state index contributed by atoms with van der Waals surface area (Å²) in [5.74, 6) is 1.68. The zero-order valence-electron chi connectivity index (χ0n) is 32.4. The number of benzene rings is 8. The lowest BCUT2D eigenvalue weighted by atomic mass is 10.0. The van der Waals surface area contributed by atoms with Crippen LogP contribution in [-0.2, 0) is 0 Å². The minimum Gasteiger partial charge on any atom is -0.309 e. The third-order valence-electron chi connectivity index (χ3n) is 11.5. The van der Waals surface area contributed by atoms with Crippen molar-refractivity contribution >= 4 is 43.6 Å². The van der Waals surface area contributed by atoms with Crippen molar-refractivity contribution in [3.63, 3.8) is 0 Å². The molecule has 0 spiro atoms. The Hall–Kier alpha value is -7.70. The zero-order valence-corrected chi connectivity index (χ0v) is 32.4. The zero-order chi connectivity index (χ0) is 39.6.